The fraction of sp³-hybridized carbons (Fsp3) is 0.333. The molecule has 1 aromatic rings. The molecule has 6 heteroatoms. The van der Waals surface area contributed by atoms with Crippen LogP contribution in [-0.2, 0) is 16.1 Å². The van der Waals surface area contributed by atoms with Crippen LogP contribution in [0.3, 0.4) is 0 Å². The van der Waals surface area contributed by atoms with E-state index in [2.05, 4.69) is 6.58 Å². The van der Waals surface area contributed by atoms with E-state index in [4.69, 9.17) is 4.74 Å². The first kappa shape index (κ1) is 16.7. The third kappa shape index (κ3) is 4.92. The topological polar surface area (TPSA) is 87.1 Å². The van der Waals surface area contributed by atoms with E-state index >= 15 is 0 Å². The van der Waals surface area contributed by atoms with E-state index in [1.807, 2.05) is 6.07 Å². The molecule has 0 heterocycles. The SMILES string of the molecule is C=CCOC(=O)N(Cc1ccccc1)[C@H](C(=O)O)[C@@H](C)O. The Balaban J connectivity index is 3.00. The van der Waals surface area contributed by atoms with Crippen LogP contribution < -0.4 is 0 Å². The van der Waals surface area contributed by atoms with E-state index in [0.717, 1.165) is 10.5 Å². The molecule has 0 aliphatic rings. The van der Waals surface area contributed by atoms with Gasteiger partial charge in [-0.1, -0.05) is 43.0 Å². The summed E-state index contributed by atoms with van der Waals surface area (Å²) in [5.41, 5.74) is 0.736. The normalized spacial score (nSPS) is 13.0. The number of aliphatic hydroxyl groups is 1. The van der Waals surface area contributed by atoms with Crippen molar-refractivity contribution in [2.24, 2.45) is 0 Å². The number of carboxylic acids is 1. The zero-order chi connectivity index (χ0) is 15.8. The molecular weight excluding hydrogens is 274 g/mol. The van der Waals surface area contributed by atoms with Gasteiger partial charge in [0.2, 0.25) is 0 Å². The number of hydrogen-bond donors (Lipinski definition) is 2. The highest BCUT2D eigenvalue weighted by molar-refractivity contribution is 5.80. The molecule has 1 aromatic carbocycles. The van der Waals surface area contributed by atoms with E-state index in [-0.39, 0.29) is 13.2 Å². The van der Waals surface area contributed by atoms with Crippen molar-refractivity contribution in [2.75, 3.05) is 6.61 Å². The van der Waals surface area contributed by atoms with Crippen LogP contribution in [0.25, 0.3) is 0 Å². The summed E-state index contributed by atoms with van der Waals surface area (Å²) >= 11 is 0. The lowest BCUT2D eigenvalue weighted by atomic mass is 10.1. The van der Waals surface area contributed by atoms with Crippen molar-refractivity contribution in [1.29, 1.82) is 0 Å². The second-order valence-electron chi connectivity index (χ2n) is 4.50. The largest absolute Gasteiger partial charge is 0.480 e. The molecule has 0 bridgehead atoms. The van der Waals surface area contributed by atoms with Crippen LogP contribution in [0.5, 0.6) is 0 Å². The molecule has 0 unspecified atom stereocenters. The first-order valence-corrected chi connectivity index (χ1v) is 6.46. The standard InChI is InChI=1S/C15H19NO5/c1-3-9-21-15(20)16(13(11(2)17)14(18)19)10-12-7-5-4-6-8-12/h3-8,11,13,17H,1,9-10H2,2H3,(H,18,19)/t11-,13+/m1/s1. The number of carbonyl (C=O) groups is 2. The molecule has 6 nitrogen and oxygen atoms in total. The number of carboxylic acid groups (broad SMARTS) is 1. The van der Waals surface area contributed by atoms with Crippen LogP contribution in [0.1, 0.15) is 12.5 Å². The van der Waals surface area contributed by atoms with E-state index in [0.29, 0.717) is 0 Å². The monoisotopic (exact) mass is 293 g/mol. The first-order chi connectivity index (χ1) is 9.97. The number of aliphatic hydroxyl groups excluding tert-OH is 1. The average molecular weight is 293 g/mol. The van der Waals surface area contributed by atoms with Crippen LogP contribution in [0.2, 0.25) is 0 Å². The summed E-state index contributed by atoms with van der Waals surface area (Å²) in [6.45, 7) is 4.74. The van der Waals surface area contributed by atoms with Crippen LogP contribution in [-0.4, -0.2) is 45.9 Å². The zero-order valence-electron chi connectivity index (χ0n) is 11.8. The number of amides is 1. The number of carbonyl (C=O) groups excluding carboxylic acids is 1. The first-order valence-electron chi connectivity index (χ1n) is 6.46. The van der Waals surface area contributed by atoms with Crippen LogP contribution in [0.4, 0.5) is 4.79 Å². The van der Waals surface area contributed by atoms with Gasteiger partial charge in [-0.25, -0.2) is 9.59 Å². The minimum Gasteiger partial charge on any atom is -0.480 e. The summed E-state index contributed by atoms with van der Waals surface area (Å²) < 4.78 is 4.90. The van der Waals surface area contributed by atoms with Crippen molar-refractivity contribution in [3.8, 4) is 0 Å². The number of nitrogens with zero attached hydrogens (tertiary/aromatic N) is 1. The number of ether oxygens (including phenoxy) is 1. The molecule has 2 N–H and O–H groups in total. The molecule has 0 aliphatic heterocycles. The average Bonchev–Trinajstić information content (AvgIpc) is 2.44. The molecule has 0 fully saturated rings. The molecule has 21 heavy (non-hydrogen) atoms. The van der Waals surface area contributed by atoms with Crippen molar-refractivity contribution < 1.29 is 24.5 Å². The Bertz CT molecular complexity index is 486. The van der Waals surface area contributed by atoms with Gasteiger partial charge in [-0.05, 0) is 12.5 Å². The van der Waals surface area contributed by atoms with Crippen LogP contribution in [0, 0.1) is 0 Å². The summed E-state index contributed by atoms with van der Waals surface area (Å²) in [6, 6.07) is 7.50. The van der Waals surface area contributed by atoms with Gasteiger partial charge in [-0.15, -0.1) is 0 Å². The molecule has 114 valence electrons. The van der Waals surface area contributed by atoms with Crippen LogP contribution >= 0.6 is 0 Å². The maximum Gasteiger partial charge on any atom is 0.411 e. The molecule has 0 spiro atoms. The minimum absolute atomic E-state index is 0.0265. The van der Waals surface area contributed by atoms with Gasteiger partial charge < -0.3 is 14.9 Å². The van der Waals surface area contributed by atoms with Crippen molar-refractivity contribution in [2.45, 2.75) is 25.6 Å². The van der Waals surface area contributed by atoms with E-state index in [1.54, 1.807) is 24.3 Å². The Morgan fingerprint density at radius 2 is 2.00 bits per heavy atom. The number of rotatable bonds is 7. The van der Waals surface area contributed by atoms with Crippen molar-refractivity contribution >= 4 is 12.1 Å². The third-order valence-electron chi connectivity index (χ3n) is 2.80. The summed E-state index contributed by atoms with van der Waals surface area (Å²) in [4.78, 5) is 24.4. The highest BCUT2D eigenvalue weighted by Gasteiger charge is 2.34. The molecule has 0 aliphatic carbocycles. The van der Waals surface area contributed by atoms with Gasteiger partial charge in [0.15, 0.2) is 6.04 Å². The molecule has 0 aromatic heterocycles. The molecule has 1 amide bonds. The summed E-state index contributed by atoms with van der Waals surface area (Å²) in [5, 5.41) is 18.9. The van der Waals surface area contributed by atoms with Gasteiger partial charge in [0.25, 0.3) is 0 Å². The van der Waals surface area contributed by atoms with Gasteiger partial charge in [0.1, 0.15) is 6.61 Å². The minimum atomic E-state index is -1.39. The van der Waals surface area contributed by atoms with Gasteiger partial charge in [-0.3, -0.25) is 4.90 Å². The van der Waals surface area contributed by atoms with E-state index in [1.165, 1.54) is 13.0 Å². The molecule has 0 saturated carbocycles. The Morgan fingerprint density at radius 3 is 2.48 bits per heavy atom. The highest BCUT2D eigenvalue weighted by Crippen LogP contribution is 2.13. The number of benzene rings is 1. The third-order valence-corrected chi connectivity index (χ3v) is 2.80. The molecule has 1 rings (SSSR count). The quantitative estimate of drug-likeness (QED) is 0.746. The highest BCUT2D eigenvalue weighted by atomic mass is 16.6. The smallest absolute Gasteiger partial charge is 0.411 e. The lowest BCUT2D eigenvalue weighted by molar-refractivity contribution is -0.146. The molecule has 2 atom stereocenters. The zero-order valence-corrected chi connectivity index (χ0v) is 11.8. The van der Waals surface area contributed by atoms with Crippen molar-refractivity contribution in [1.82, 2.24) is 4.90 Å². The van der Waals surface area contributed by atoms with Crippen molar-refractivity contribution in [3.05, 3.63) is 48.6 Å². The second-order valence-corrected chi connectivity index (χ2v) is 4.50. The summed E-state index contributed by atoms with van der Waals surface area (Å²) in [5.74, 6) is -1.29. The van der Waals surface area contributed by atoms with Gasteiger partial charge in [-0.2, -0.15) is 0 Å². The fourth-order valence-electron chi connectivity index (χ4n) is 1.87. The predicted octanol–water partition coefficient (Wildman–Crippen LogP) is 1.65. The van der Waals surface area contributed by atoms with Gasteiger partial charge in [0, 0.05) is 0 Å². The predicted molar refractivity (Wildman–Crippen MR) is 76.6 cm³/mol. The lowest BCUT2D eigenvalue weighted by Gasteiger charge is -2.29. The Labute approximate surface area is 123 Å². The Morgan fingerprint density at radius 1 is 1.38 bits per heavy atom. The summed E-state index contributed by atoms with van der Waals surface area (Å²) in [6.07, 6.45) is -0.661. The van der Waals surface area contributed by atoms with Crippen LogP contribution in [0.15, 0.2) is 43.0 Å². The van der Waals surface area contributed by atoms with Crippen molar-refractivity contribution in [3.63, 3.8) is 0 Å². The van der Waals surface area contributed by atoms with E-state index in [9.17, 15) is 19.8 Å². The second kappa shape index (κ2) is 8.06. The number of hydrogen-bond acceptors (Lipinski definition) is 4. The van der Waals surface area contributed by atoms with E-state index < -0.39 is 24.2 Å². The Kier molecular flexibility index (Phi) is 6.42. The molecule has 0 saturated heterocycles. The maximum absolute atomic E-state index is 12.0. The lowest BCUT2D eigenvalue weighted by Crippen LogP contribution is -2.50. The summed E-state index contributed by atoms with van der Waals surface area (Å²) in [7, 11) is 0. The number of aliphatic carboxylic acids is 1. The maximum atomic E-state index is 12.0. The van der Waals surface area contributed by atoms with Gasteiger partial charge >= 0.3 is 12.1 Å². The Hall–Kier alpha value is -2.34. The molecule has 0 radical (unpaired) electrons. The fourth-order valence-corrected chi connectivity index (χ4v) is 1.87. The molecular formula is C15H19NO5. The van der Waals surface area contributed by atoms with Gasteiger partial charge in [0.05, 0.1) is 12.6 Å².